The maximum absolute atomic E-state index is 13.6. The molecule has 11 heteroatoms. The summed E-state index contributed by atoms with van der Waals surface area (Å²) in [5.41, 5.74) is 0. The van der Waals surface area contributed by atoms with E-state index in [1.165, 1.54) is 0 Å². The van der Waals surface area contributed by atoms with Gasteiger partial charge in [-0.2, -0.15) is 0 Å². The first kappa shape index (κ1) is 30.3. The fraction of sp³-hybridized carbons (Fsp3) is 0.900. The highest BCUT2D eigenvalue weighted by molar-refractivity contribution is 7.55. The van der Waals surface area contributed by atoms with Gasteiger partial charge in [-0.25, -0.2) is 9.59 Å². The highest BCUT2D eigenvalue weighted by Crippen LogP contribution is 2.61. The summed E-state index contributed by atoms with van der Waals surface area (Å²) < 4.78 is 40.2. The van der Waals surface area contributed by atoms with Gasteiger partial charge in [0.15, 0.2) is 0 Å². The summed E-state index contributed by atoms with van der Waals surface area (Å²) in [6.45, 7) is 13.4. The highest BCUT2D eigenvalue weighted by atomic mass is 35.5. The van der Waals surface area contributed by atoms with Gasteiger partial charge in [-0.1, -0.05) is 27.7 Å². The van der Waals surface area contributed by atoms with E-state index in [9.17, 15) is 19.0 Å². The zero-order valence-corrected chi connectivity index (χ0v) is 21.4. The Morgan fingerprint density at radius 1 is 0.903 bits per heavy atom. The first-order chi connectivity index (χ1) is 14.4. The molecule has 0 fully saturated rings. The molecule has 7 unspecified atom stereocenters. The molecule has 0 heterocycles. The fourth-order valence-corrected chi connectivity index (χ4v) is 4.38. The van der Waals surface area contributed by atoms with Gasteiger partial charge in [0.1, 0.15) is 11.9 Å². The molecular formula is C20H38ClO9P. The largest absolute Gasteiger partial charge is 0.461 e. The van der Waals surface area contributed by atoms with Crippen LogP contribution in [-0.4, -0.2) is 52.7 Å². The maximum atomic E-state index is 13.6. The van der Waals surface area contributed by atoms with Gasteiger partial charge in [-0.3, -0.25) is 4.57 Å². The molecule has 0 amide bonds. The Bertz CT molecular complexity index is 617. The third kappa shape index (κ3) is 7.98. The summed E-state index contributed by atoms with van der Waals surface area (Å²) in [5.74, 6) is -2.53. The molecule has 0 aromatic carbocycles. The second-order valence-electron chi connectivity index (χ2n) is 7.63. The third-order valence-corrected chi connectivity index (χ3v) is 7.19. The van der Waals surface area contributed by atoms with Gasteiger partial charge >= 0.3 is 24.9 Å². The van der Waals surface area contributed by atoms with Crippen molar-refractivity contribution in [3.05, 3.63) is 0 Å². The zero-order chi connectivity index (χ0) is 24.4. The van der Waals surface area contributed by atoms with E-state index in [2.05, 4.69) is 4.29 Å². The number of hydrogen-bond donors (Lipinski definition) is 1. The summed E-state index contributed by atoms with van der Waals surface area (Å²) in [7, 11) is -5.08. The lowest BCUT2D eigenvalue weighted by atomic mass is 10.1. The number of rotatable bonds is 15. The van der Waals surface area contributed by atoms with E-state index in [-0.39, 0.29) is 0 Å². The quantitative estimate of drug-likeness (QED) is 0.258. The Kier molecular flexibility index (Phi) is 13.4. The van der Waals surface area contributed by atoms with Crippen LogP contribution in [0.25, 0.3) is 0 Å². The SMILES string of the molecule is CCC(C)OC(=O)C(OC(C)CC)C(OC(C)CC)(C(=O)OCl)P(=O)(O)OC(C)CC. The van der Waals surface area contributed by atoms with Crippen molar-refractivity contribution in [2.24, 2.45) is 0 Å². The second-order valence-corrected chi connectivity index (χ2v) is 9.70. The molecule has 7 atom stereocenters. The van der Waals surface area contributed by atoms with Gasteiger partial charge in [-0.05, 0) is 53.4 Å². The number of hydrogen-bond acceptors (Lipinski definition) is 8. The molecule has 0 radical (unpaired) electrons. The van der Waals surface area contributed by atoms with Crippen molar-refractivity contribution in [2.45, 2.75) is 117 Å². The van der Waals surface area contributed by atoms with Crippen molar-refractivity contribution < 1.29 is 42.1 Å². The lowest BCUT2D eigenvalue weighted by Gasteiger charge is -2.40. The van der Waals surface area contributed by atoms with Crippen molar-refractivity contribution >= 4 is 31.4 Å². The zero-order valence-electron chi connectivity index (χ0n) is 19.8. The molecule has 0 rings (SSSR count). The summed E-state index contributed by atoms with van der Waals surface area (Å²) >= 11 is 5.37. The lowest BCUT2D eigenvalue weighted by molar-refractivity contribution is -0.203. The molecule has 0 aromatic heterocycles. The van der Waals surface area contributed by atoms with Crippen LogP contribution in [-0.2, 0) is 37.2 Å². The van der Waals surface area contributed by atoms with Gasteiger partial charge in [0.25, 0.3) is 0 Å². The minimum atomic E-state index is -5.08. The van der Waals surface area contributed by atoms with E-state index in [0.717, 1.165) is 0 Å². The lowest BCUT2D eigenvalue weighted by Crippen LogP contribution is -2.59. The molecule has 184 valence electrons. The summed E-state index contributed by atoms with van der Waals surface area (Å²) in [6.07, 6.45) is -2.99. The molecule has 0 bridgehead atoms. The van der Waals surface area contributed by atoms with Crippen LogP contribution >= 0.6 is 19.5 Å². The van der Waals surface area contributed by atoms with E-state index >= 15 is 0 Å². The van der Waals surface area contributed by atoms with Gasteiger partial charge in [0.2, 0.25) is 6.10 Å². The fourth-order valence-electron chi connectivity index (χ4n) is 2.37. The Hall–Kier alpha value is -0.700. The second kappa shape index (κ2) is 13.8. The molecule has 0 spiro atoms. The highest BCUT2D eigenvalue weighted by Gasteiger charge is 2.68. The standard InChI is InChI=1S/C20H38ClO9P/c1-9-13(5)26-17(18(22)27-14(6)10-2)20(19(23)29-21,28-15(7)11-3)31(24,25)30-16(8)12-4/h13-17H,9-12H2,1-8H3,(H,24,25). The van der Waals surface area contributed by atoms with Crippen molar-refractivity contribution in [1.82, 2.24) is 0 Å². The van der Waals surface area contributed by atoms with Crippen molar-refractivity contribution in [2.75, 3.05) is 0 Å². The Balaban J connectivity index is 6.88. The maximum Gasteiger partial charge on any atom is 0.375 e. The third-order valence-electron chi connectivity index (χ3n) is 5.04. The molecule has 0 saturated heterocycles. The summed E-state index contributed by atoms with van der Waals surface area (Å²) in [4.78, 5) is 37.2. The minimum Gasteiger partial charge on any atom is -0.461 e. The number of esters is 1. The molecule has 0 aliphatic heterocycles. The van der Waals surface area contributed by atoms with Crippen molar-refractivity contribution in [3.8, 4) is 0 Å². The monoisotopic (exact) mass is 488 g/mol. The normalized spacial score (nSPS) is 20.5. The molecule has 0 saturated carbocycles. The van der Waals surface area contributed by atoms with Gasteiger partial charge in [0, 0.05) is 0 Å². The molecular weight excluding hydrogens is 451 g/mol. The average molecular weight is 489 g/mol. The first-order valence-corrected chi connectivity index (χ1v) is 12.6. The molecule has 9 nitrogen and oxygen atoms in total. The molecule has 0 aromatic rings. The Morgan fingerprint density at radius 2 is 1.39 bits per heavy atom. The van der Waals surface area contributed by atoms with Gasteiger partial charge in [0.05, 0.1) is 24.4 Å². The minimum absolute atomic E-state index is 0.344. The van der Waals surface area contributed by atoms with E-state index in [0.29, 0.717) is 25.7 Å². The van der Waals surface area contributed by atoms with E-state index < -0.39 is 55.4 Å². The van der Waals surface area contributed by atoms with Crippen LogP contribution in [0.15, 0.2) is 0 Å². The van der Waals surface area contributed by atoms with Crippen LogP contribution in [0.4, 0.5) is 0 Å². The van der Waals surface area contributed by atoms with E-state index in [1.54, 1.807) is 55.4 Å². The molecule has 1 N–H and O–H groups in total. The predicted molar refractivity (Wildman–Crippen MR) is 117 cm³/mol. The van der Waals surface area contributed by atoms with Gasteiger partial charge < -0.3 is 27.9 Å². The number of carbonyl (C=O) groups is 2. The topological polar surface area (TPSA) is 118 Å². The first-order valence-electron chi connectivity index (χ1n) is 10.7. The number of halogens is 1. The summed E-state index contributed by atoms with van der Waals surface area (Å²) in [5, 5.41) is -2.89. The summed E-state index contributed by atoms with van der Waals surface area (Å²) in [6, 6.07) is 0. The molecule has 0 aliphatic rings. The average Bonchev–Trinajstić information content (AvgIpc) is 2.73. The van der Waals surface area contributed by atoms with Crippen molar-refractivity contribution in [1.29, 1.82) is 0 Å². The predicted octanol–water partition coefficient (Wildman–Crippen LogP) is 4.72. The molecule has 31 heavy (non-hydrogen) atoms. The number of carbonyl (C=O) groups excluding carboxylic acids is 2. The smallest absolute Gasteiger partial charge is 0.375 e. The van der Waals surface area contributed by atoms with Crippen LogP contribution in [0.2, 0.25) is 0 Å². The Labute approximate surface area is 190 Å². The number of ether oxygens (including phenoxy) is 3. The van der Waals surface area contributed by atoms with E-state index in [1.807, 2.05) is 0 Å². The van der Waals surface area contributed by atoms with Crippen molar-refractivity contribution in [3.63, 3.8) is 0 Å². The van der Waals surface area contributed by atoms with E-state index in [4.69, 9.17) is 30.6 Å². The van der Waals surface area contributed by atoms with Crippen LogP contribution in [0, 0.1) is 0 Å². The van der Waals surface area contributed by atoms with Gasteiger partial charge in [-0.15, -0.1) is 0 Å². The van der Waals surface area contributed by atoms with Crippen LogP contribution < -0.4 is 0 Å². The van der Waals surface area contributed by atoms with Crippen LogP contribution in [0.5, 0.6) is 0 Å². The van der Waals surface area contributed by atoms with Crippen LogP contribution in [0.3, 0.4) is 0 Å². The Morgan fingerprint density at radius 3 is 1.81 bits per heavy atom. The van der Waals surface area contributed by atoms with Crippen LogP contribution in [0.1, 0.15) is 81.1 Å². The molecule has 0 aliphatic carbocycles.